The maximum atomic E-state index is 11.9. The number of hydrogen-bond acceptors (Lipinski definition) is 3. The Labute approximate surface area is 88.2 Å². The normalized spacial score (nSPS) is 11.5. The van der Waals surface area contributed by atoms with Crippen LogP contribution in [0.2, 0.25) is 5.02 Å². The molecule has 2 N–H and O–H groups in total. The second-order valence-electron chi connectivity index (χ2n) is 2.36. The van der Waals surface area contributed by atoms with Crippen LogP contribution >= 0.6 is 24.2 Å². The van der Waals surface area contributed by atoms with Crippen LogP contribution in [0, 0.1) is 0 Å². The maximum absolute atomic E-state index is 11.9. The minimum absolute atomic E-state index is 0.0433. The molecule has 0 amide bonds. The zero-order chi connectivity index (χ0) is 10.9. The van der Waals surface area contributed by atoms with Gasteiger partial charge >= 0.3 is 6.36 Å². The van der Waals surface area contributed by atoms with Crippen LogP contribution in [0.15, 0.2) is 17.0 Å². The summed E-state index contributed by atoms with van der Waals surface area (Å²) in [6.07, 6.45) is -4.81. The number of nitrogen functional groups attached to an aromatic ring is 1. The highest BCUT2D eigenvalue weighted by Gasteiger charge is 2.33. The van der Waals surface area contributed by atoms with Gasteiger partial charge in [0, 0.05) is 0 Å². The van der Waals surface area contributed by atoms with Crippen molar-refractivity contribution < 1.29 is 17.9 Å². The van der Waals surface area contributed by atoms with E-state index in [1.165, 1.54) is 12.1 Å². The SMILES string of the molecule is Nc1ccc(Cl)c(S)c1OC(F)(F)F. The number of ether oxygens (including phenoxy) is 1. The predicted molar refractivity (Wildman–Crippen MR) is 49.8 cm³/mol. The zero-order valence-corrected chi connectivity index (χ0v) is 8.25. The zero-order valence-electron chi connectivity index (χ0n) is 6.60. The van der Waals surface area contributed by atoms with Gasteiger partial charge in [0.2, 0.25) is 0 Å². The fourth-order valence-electron chi connectivity index (χ4n) is 0.786. The van der Waals surface area contributed by atoms with Gasteiger partial charge in [0.25, 0.3) is 0 Å². The van der Waals surface area contributed by atoms with Gasteiger partial charge in [-0.05, 0) is 12.1 Å². The third kappa shape index (κ3) is 2.62. The molecule has 0 heterocycles. The first-order chi connectivity index (χ1) is 6.31. The number of benzene rings is 1. The highest BCUT2D eigenvalue weighted by molar-refractivity contribution is 7.80. The Morgan fingerprint density at radius 3 is 2.43 bits per heavy atom. The van der Waals surface area contributed by atoms with Crippen molar-refractivity contribution in [1.29, 1.82) is 0 Å². The molecule has 14 heavy (non-hydrogen) atoms. The number of halogens is 4. The van der Waals surface area contributed by atoms with Crippen LogP contribution in [0.25, 0.3) is 0 Å². The standard InChI is InChI=1S/C7H5ClF3NOS/c8-3-1-2-4(12)5(6(3)14)13-7(9,10)11/h1-2,14H,12H2. The number of anilines is 1. The molecule has 0 aliphatic rings. The fraction of sp³-hybridized carbons (Fsp3) is 0.143. The lowest BCUT2D eigenvalue weighted by Crippen LogP contribution is -2.18. The topological polar surface area (TPSA) is 35.2 Å². The summed E-state index contributed by atoms with van der Waals surface area (Å²) in [4.78, 5) is -0.135. The molecule has 0 bridgehead atoms. The summed E-state index contributed by atoms with van der Waals surface area (Å²) in [6.45, 7) is 0. The van der Waals surface area contributed by atoms with Gasteiger partial charge in [-0.15, -0.1) is 25.8 Å². The first-order valence-corrected chi connectivity index (χ1v) is 4.16. The van der Waals surface area contributed by atoms with Crippen molar-refractivity contribution in [3.63, 3.8) is 0 Å². The minimum Gasteiger partial charge on any atom is -0.402 e. The molecule has 0 fully saturated rings. The average Bonchev–Trinajstić information content (AvgIpc) is 2.04. The molecular weight excluding hydrogens is 239 g/mol. The Kier molecular flexibility index (Phi) is 3.06. The van der Waals surface area contributed by atoms with Gasteiger partial charge < -0.3 is 10.5 Å². The predicted octanol–water partition coefficient (Wildman–Crippen LogP) is 3.11. The molecule has 0 aromatic heterocycles. The first kappa shape index (κ1) is 11.3. The van der Waals surface area contributed by atoms with Crippen LogP contribution in [0.3, 0.4) is 0 Å². The minimum atomic E-state index is -4.81. The Morgan fingerprint density at radius 1 is 1.36 bits per heavy atom. The quantitative estimate of drug-likeness (QED) is 0.587. The van der Waals surface area contributed by atoms with Crippen molar-refractivity contribution in [2.75, 3.05) is 5.73 Å². The lowest BCUT2D eigenvalue weighted by atomic mass is 10.3. The Bertz CT molecular complexity index is 356. The van der Waals surface area contributed by atoms with E-state index in [4.69, 9.17) is 17.3 Å². The molecule has 2 nitrogen and oxygen atoms in total. The van der Waals surface area contributed by atoms with E-state index in [1.54, 1.807) is 0 Å². The summed E-state index contributed by atoms with van der Waals surface area (Å²) in [5, 5.41) is 0.0433. The van der Waals surface area contributed by atoms with Gasteiger partial charge in [-0.3, -0.25) is 0 Å². The molecule has 78 valence electrons. The summed E-state index contributed by atoms with van der Waals surface area (Å²) in [6, 6.07) is 2.55. The Balaban J connectivity index is 3.13. The van der Waals surface area contributed by atoms with Crippen molar-refractivity contribution in [3.8, 4) is 5.75 Å². The third-order valence-corrected chi connectivity index (χ3v) is 2.22. The second-order valence-corrected chi connectivity index (χ2v) is 3.22. The molecule has 1 rings (SSSR count). The molecule has 0 saturated heterocycles. The van der Waals surface area contributed by atoms with Gasteiger partial charge in [0.1, 0.15) is 0 Å². The van der Waals surface area contributed by atoms with E-state index in [0.29, 0.717) is 0 Å². The average molecular weight is 244 g/mol. The molecule has 0 spiro atoms. The van der Waals surface area contributed by atoms with Crippen molar-refractivity contribution in [2.24, 2.45) is 0 Å². The van der Waals surface area contributed by atoms with Crippen LogP contribution in [0.5, 0.6) is 5.75 Å². The molecule has 0 radical (unpaired) electrons. The number of rotatable bonds is 1. The largest absolute Gasteiger partial charge is 0.573 e. The molecule has 0 saturated carbocycles. The van der Waals surface area contributed by atoms with Gasteiger partial charge in [-0.2, -0.15) is 0 Å². The lowest BCUT2D eigenvalue weighted by Gasteiger charge is -2.13. The number of nitrogens with two attached hydrogens (primary N) is 1. The number of alkyl halides is 3. The molecule has 0 aliphatic carbocycles. The number of hydrogen-bond donors (Lipinski definition) is 2. The Hall–Kier alpha value is -0.750. The van der Waals surface area contributed by atoms with E-state index >= 15 is 0 Å². The smallest absolute Gasteiger partial charge is 0.402 e. The summed E-state index contributed by atoms with van der Waals surface area (Å²) >= 11 is 9.29. The summed E-state index contributed by atoms with van der Waals surface area (Å²) in [5.41, 5.74) is 5.10. The van der Waals surface area contributed by atoms with Crippen LogP contribution in [0.1, 0.15) is 0 Å². The summed E-state index contributed by atoms with van der Waals surface area (Å²) < 4.78 is 39.3. The van der Waals surface area contributed by atoms with Crippen molar-refractivity contribution in [2.45, 2.75) is 11.3 Å². The van der Waals surface area contributed by atoms with Crippen LogP contribution in [-0.2, 0) is 0 Å². The molecule has 1 aromatic carbocycles. The van der Waals surface area contributed by atoms with E-state index in [2.05, 4.69) is 17.4 Å². The van der Waals surface area contributed by atoms with Crippen LogP contribution < -0.4 is 10.5 Å². The van der Waals surface area contributed by atoms with Gasteiger partial charge in [-0.1, -0.05) is 11.6 Å². The molecule has 0 aliphatic heterocycles. The molecule has 0 unspecified atom stereocenters. The highest BCUT2D eigenvalue weighted by atomic mass is 35.5. The summed E-state index contributed by atoms with van der Waals surface area (Å²) in [7, 11) is 0. The summed E-state index contributed by atoms with van der Waals surface area (Å²) in [5.74, 6) is -0.576. The lowest BCUT2D eigenvalue weighted by molar-refractivity contribution is -0.275. The monoisotopic (exact) mass is 243 g/mol. The van der Waals surface area contributed by atoms with E-state index in [-0.39, 0.29) is 15.6 Å². The molecule has 0 atom stereocenters. The van der Waals surface area contributed by atoms with Crippen LogP contribution in [-0.4, -0.2) is 6.36 Å². The number of thiol groups is 1. The molecule has 7 heteroatoms. The van der Waals surface area contributed by atoms with Crippen LogP contribution in [0.4, 0.5) is 18.9 Å². The molecule has 1 aromatic rings. The second kappa shape index (κ2) is 3.78. The van der Waals surface area contributed by atoms with E-state index in [1.807, 2.05) is 0 Å². The van der Waals surface area contributed by atoms with Crippen molar-refractivity contribution in [3.05, 3.63) is 17.2 Å². The molecular formula is C7H5ClF3NOS. The van der Waals surface area contributed by atoms with Crippen molar-refractivity contribution >= 4 is 29.9 Å². The van der Waals surface area contributed by atoms with Crippen molar-refractivity contribution in [1.82, 2.24) is 0 Å². The highest BCUT2D eigenvalue weighted by Crippen LogP contribution is 2.38. The van der Waals surface area contributed by atoms with Gasteiger partial charge in [0.15, 0.2) is 5.75 Å². The van der Waals surface area contributed by atoms with Gasteiger partial charge in [0.05, 0.1) is 15.6 Å². The maximum Gasteiger partial charge on any atom is 0.573 e. The van der Waals surface area contributed by atoms with E-state index < -0.39 is 12.1 Å². The van der Waals surface area contributed by atoms with E-state index in [0.717, 1.165) is 0 Å². The third-order valence-electron chi connectivity index (χ3n) is 1.33. The van der Waals surface area contributed by atoms with E-state index in [9.17, 15) is 13.2 Å². The van der Waals surface area contributed by atoms with Gasteiger partial charge in [-0.25, -0.2) is 0 Å². The fourth-order valence-corrected chi connectivity index (χ4v) is 1.18. The first-order valence-electron chi connectivity index (χ1n) is 3.34. The Morgan fingerprint density at radius 2 is 1.93 bits per heavy atom.